The van der Waals surface area contributed by atoms with E-state index in [4.69, 9.17) is 9.47 Å². The number of ether oxygens (including phenoxy) is 2. The van der Waals surface area contributed by atoms with Crippen LogP contribution in [0.3, 0.4) is 0 Å². The van der Waals surface area contributed by atoms with Crippen molar-refractivity contribution in [1.82, 2.24) is 5.43 Å². The summed E-state index contributed by atoms with van der Waals surface area (Å²) in [7, 11) is 0. The number of rotatable bonds is 12. The van der Waals surface area contributed by atoms with Crippen LogP contribution < -0.4 is 14.9 Å². The van der Waals surface area contributed by atoms with Crippen molar-refractivity contribution >= 4 is 28.1 Å². The standard InChI is InChI=1S/C25H33BrN2O3/c1-5-6-7-8-13-30-21-11-9-20(10-12-21)16-27-28-25(29)17-31-24-14-19(4)23(26)15-22(24)18(2)3/h9-12,14-16,18H,5-8,13,17H2,1-4H3,(H,28,29)/b27-16+. The molecular formula is C25H33BrN2O3. The Labute approximate surface area is 194 Å². The van der Waals surface area contributed by atoms with Crippen LogP contribution in [-0.4, -0.2) is 25.3 Å². The van der Waals surface area contributed by atoms with Crippen molar-refractivity contribution in [2.75, 3.05) is 13.2 Å². The molecule has 6 heteroatoms. The summed E-state index contributed by atoms with van der Waals surface area (Å²) in [4.78, 5) is 12.1. The summed E-state index contributed by atoms with van der Waals surface area (Å²) in [5.74, 6) is 1.55. The van der Waals surface area contributed by atoms with Crippen LogP contribution in [0.1, 0.15) is 69.1 Å². The van der Waals surface area contributed by atoms with Gasteiger partial charge in [0.05, 0.1) is 12.8 Å². The van der Waals surface area contributed by atoms with E-state index in [2.05, 4.69) is 47.2 Å². The Morgan fingerprint density at radius 1 is 1.13 bits per heavy atom. The lowest BCUT2D eigenvalue weighted by atomic mass is 10.0. The quantitative estimate of drug-likeness (QED) is 0.214. The second-order valence-corrected chi connectivity index (χ2v) is 8.71. The zero-order chi connectivity index (χ0) is 22.6. The number of halogens is 1. The van der Waals surface area contributed by atoms with E-state index >= 15 is 0 Å². The lowest BCUT2D eigenvalue weighted by Crippen LogP contribution is -2.25. The second-order valence-electron chi connectivity index (χ2n) is 7.85. The summed E-state index contributed by atoms with van der Waals surface area (Å²) in [5.41, 5.74) is 5.51. The number of aryl methyl sites for hydroxylation is 1. The average molecular weight is 489 g/mol. The Balaban J connectivity index is 1.79. The van der Waals surface area contributed by atoms with Gasteiger partial charge in [0.25, 0.3) is 5.91 Å². The molecule has 0 bridgehead atoms. The minimum atomic E-state index is -0.307. The number of hydrogen-bond donors (Lipinski definition) is 1. The maximum atomic E-state index is 12.1. The molecule has 1 amide bonds. The first-order valence-electron chi connectivity index (χ1n) is 10.9. The van der Waals surface area contributed by atoms with Crippen molar-refractivity contribution in [2.24, 2.45) is 5.10 Å². The first-order valence-corrected chi connectivity index (χ1v) is 11.7. The van der Waals surface area contributed by atoms with E-state index in [-0.39, 0.29) is 18.4 Å². The van der Waals surface area contributed by atoms with E-state index in [0.717, 1.165) is 45.7 Å². The number of amides is 1. The summed E-state index contributed by atoms with van der Waals surface area (Å²) >= 11 is 3.55. The molecule has 0 aliphatic heterocycles. The molecule has 0 atom stereocenters. The third-order valence-corrected chi connectivity index (χ3v) is 5.68. The van der Waals surface area contributed by atoms with Crippen molar-refractivity contribution in [2.45, 2.75) is 59.3 Å². The van der Waals surface area contributed by atoms with Crippen LogP contribution in [-0.2, 0) is 4.79 Å². The first kappa shape index (κ1) is 24.9. The monoisotopic (exact) mass is 488 g/mol. The molecule has 168 valence electrons. The normalized spacial score (nSPS) is 11.2. The maximum Gasteiger partial charge on any atom is 0.277 e. The zero-order valence-electron chi connectivity index (χ0n) is 18.9. The highest BCUT2D eigenvalue weighted by atomic mass is 79.9. The largest absolute Gasteiger partial charge is 0.494 e. The van der Waals surface area contributed by atoms with Crippen LogP contribution in [0.5, 0.6) is 11.5 Å². The number of carbonyl (C=O) groups excluding carboxylic acids is 1. The minimum Gasteiger partial charge on any atom is -0.494 e. The topological polar surface area (TPSA) is 59.9 Å². The van der Waals surface area contributed by atoms with E-state index in [9.17, 15) is 4.79 Å². The van der Waals surface area contributed by atoms with Crippen LogP contribution >= 0.6 is 15.9 Å². The number of benzene rings is 2. The molecule has 5 nitrogen and oxygen atoms in total. The van der Waals surface area contributed by atoms with Crippen LogP contribution in [0, 0.1) is 6.92 Å². The van der Waals surface area contributed by atoms with Gasteiger partial charge in [0.2, 0.25) is 0 Å². The fraction of sp³-hybridized carbons (Fsp3) is 0.440. The molecule has 0 aromatic heterocycles. The molecule has 0 fully saturated rings. The SMILES string of the molecule is CCCCCCOc1ccc(/C=N/NC(=O)COc2cc(C)c(Br)cc2C(C)C)cc1. The van der Waals surface area contributed by atoms with Crippen LogP contribution in [0.4, 0.5) is 0 Å². The molecular weight excluding hydrogens is 456 g/mol. The summed E-state index contributed by atoms with van der Waals surface area (Å²) in [6, 6.07) is 11.6. The molecule has 2 aromatic rings. The van der Waals surface area contributed by atoms with E-state index in [1.54, 1.807) is 6.21 Å². The Morgan fingerprint density at radius 3 is 2.55 bits per heavy atom. The van der Waals surface area contributed by atoms with Crippen molar-refractivity contribution in [3.8, 4) is 11.5 Å². The van der Waals surface area contributed by atoms with Gasteiger partial charge in [-0.05, 0) is 72.4 Å². The van der Waals surface area contributed by atoms with Crippen molar-refractivity contribution < 1.29 is 14.3 Å². The predicted molar refractivity (Wildman–Crippen MR) is 130 cm³/mol. The smallest absolute Gasteiger partial charge is 0.277 e. The van der Waals surface area contributed by atoms with E-state index in [1.165, 1.54) is 19.3 Å². The van der Waals surface area contributed by atoms with Crippen LogP contribution in [0.15, 0.2) is 46.0 Å². The third-order valence-electron chi connectivity index (χ3n) is 4.82. The van der Waals surface area contributed by atoms with Gasteiger partial charge in [-0.3, -0.25) is 4.79 Å². The Hall–Kier alpha value is -2.34. The van der Waals surface area contributed by atoms with Gasteiger partial charge in [0, 0.05) is 4.47 Å². The minimum absolute atomic E-state index is 0.0943. The summed E-state index contributed by atoms with van der Waals surface area (Å²) in [6.45, 7) is 9.02. The highest BCUT2D eigenvalue weighted by molar-refractivity contribution is 9.10. The maximum absolute atomic E-state index is 12.1. The molecule has 0 aliphatic rings. The lowest BCUT2D eigenvalue weighted by molar-refractivity contribution is -0.123. The molecule has 0 aliphatic carbocycles. The number of nitrogens with one attached hydrogen (secondary N) is 1. The predicted octanol–water partition coefficient (Wildman–Crippen LogP) is 6.37. The molecule has 0 saturated heterocycles. The van der Waals surface area contributed by atoms with E-state index in [0.29, 0.717) is 0 Å². The summed E-state index contributed by atoms with van der Waals surface area (Å²) < 4.78 is 12.5. The number of hydrazone groups is 1. The highest BCUT2D eigenvalue weighted by Gasteiger charge is 2.12. The Bertz CT molecular complexity index is 864. The number of unbranched alkanes of at least 4 members (excludes halogenated alkanes) is 3. The van der Waals surface area contributed by atoms with Gasteiger partial charge in [-0.1, -0.05) is 56.0 Å². The molecule has 0 radical (unpaired) electrons. The van der Waals surface area contributed by atoms with Crippen molar-refractivity contribution in [1.29, 1.82) is 0 Å². The van der Waals surface area contributed by atoms with Crippen molar-refractivity contribution in [3.05, 3.63) is 57.6 Å². The Morgan fingerprint density at radius 2 is 1.87 bits per heavy atom. The molecule has 1 N–H and O–H groups in total. The summed E-state index contributed by atoms with van der Waals surface area (Å²) in [6.07, 6.45) is 6.34. The van der Waals surface area contributed by atoms with E-state index < -0.39 is 0 Å². The van der Waals surface area contributed by atoms with Gasteiger partial charge in [-0.25, -0.2) is 5.43 Å². The van der Waals surface area contributed by atoms with Gasteiger partial charge in [0.1, 0.15) is 11.5 Å². The van der Waals surface area contributed by atoms with E-state index in [1.807, 2.05) is 43.3 Å². The van der Waals surface area contributed by atoms with Crippen LogP contribution in [0.25, 0.3) is 0 Å². The van der Waals surface area contributed by atoms with Gasteiger partial charge < -0.3 is 9.47 Å². The van der Waals surface area contributed by atoms with Gasteiger partial charge in [-0.2, -0.15) is 5.10 Å². The lowest BCUT2D eigenvalue weighted by Gasteiger charge is -2.15. The molecule has 0 saturated carbocycles. The van der Waals surface area contributed by atoms with Gasteiger partial charge in [-0.15, -0.1) is 0 Å². The molecule has 2 rings (SSSR count). The molecule has 0 unspecified atom stereocenters. The van der Waals surface area contributed by atoms with Gasteiger partial charge in [0.15, 0.2) is 6.61 Å². The number of nitrogens with zero attached hydrogens (tertiary/aromatic N) is 1. The molecule has 2 aromatic carbocycles. The number of carbonyl (C=O) groups is 1. The van der Waals surface area contributed by atoms with Crippen molar-refractivity contribution in [3.63, 3.8) is 0 Å². The number of hydrogen-bond acceptors (Lipinski definition) is 4. The molecule has 31 heavy (non-hydrogen) atoms. The Kier molecular flexibility index (Phi) is 10.6. The first-order chi connectivity index (χ1) is 14.9. The molecule has 0 heterocycles. The highest BCUT2D eigenvalue weighted by Crippen LogP contribution is 2.32. The summed E-state index contributed by atoms with van der Waals surface area (Å²) in [5, 5.41) is 4.02. The average Bonchev–Trinajstić information content (AvgIpc) is 2.75. The fourth-order valence-electron chi connectivity index (χ4n) is 2.97. The molecule has 0 spiro atoms. The van der Waals surface area contributed by atoms with Gasteiger partial charge >= 0.3 is 0 Å². The second kappa shape index (κ2) is 13.2. The fourth-order valence-corrected chi connectivity index (χ4v) is 3.33. The van der Waals surface area contributed by atoms with Crippen LogP contribution in [0.2, 0.25) is 0 Å². The zero-order valence-corrected chi connectivity index (χ0v) is 20.5. The third kappa shape index (κ3) is 8.74.